The van der Waals surface area contributed by atoms with Crippen molar-refractivity contribution in [3.05, 3.63) is 285 Å². The van der Waals surface area contributed by atoms with Gasteiger partial charge in [-0.25, -0.2) is 0 Å². The van der Waals surface area contributed by atoms with E-state index in [-0.39, 0.29) is 17.5 Å². The Balaban J connectivity index is 0.000000117. The summed E-state index contributed by atoms with van der Waals surface area (Å²) in [7, 11) is 8.23. The Labute approximate surface area is 749 Å². The van der Waals surface area contributed by atoms with E-state index in [2.05, 4.69) is 240 Å². The van der Waals surface area contributed by atoms with Crippen molar-refractivity contribution in [1.82, 2.24) is 19.9 Å². The lowest BCUT2D eigenvalue weighted by Crippen LogP contribution is -2.36. The zero-order chi connectivity index (χ0) is 91.9. The Morgan fingerprint density at radius 3 is 1.01 bits per heavy atom. The molecule has 12 aromatic heterocycles. The molecule has 1 aliphatic rings. The van der Waals surface area contributed by atoms with Crippen LogP contribution in [0.25, 0.3) is 177 Å². The van der Waals surface area contributed by atoms with Crippen molar-refractivity contribution in [2.24, 2.45) is 44.9 Å². The summed E-state index contributed by atoms with van der Waals surface area (Å²) in [6.07, 6.45) is 2.70. The number of halogens is 7. The Hall–Kier alpha value is -13.3. The maximum Gasteiger partial charge on any atom is 0.394 e. The summed E-state index contributed by atoms with van der Waals surface area (Å²) in [5.74, 6) is -0.974. The monoisotopic (exact) mass is 1750 g/mol. The molecule has 658 valence electrons. The molecule has 0 radical (unpaired) electrons. The quantitative estimate of drug-likeness (QED) is 0.0754. The van der Waals surface area contributed by atoms with Crippen LogP contribution < -0.4 is 18.3 Å². The van der Waals surface area contributed by atoms with Crippen LogP contribution in [0.5, 0.6) is 0 Å². The summed E-state index contributed by atoms with van der Waals surface area (Å²) in [5, 5.41) is 11.6. The van der Waals surface area contributed by atoms with Gasteiger partial charge in [0.1, 0.15) is 28.2 Å². The van der Waals surface area contributed by atoms with E-state index in [1.54, 1.807) is 24.3 Å². The molecule has 0 atom stereocenters. The third-order valence-electron chi connectivity index (χ3n) is 27.1. The smallest absolute Gasteiger partial charge is 0.394 e. The van der Waals surface area contributed by atoms with Gasteiger partial charge < -0.3 is 17.7 Å². The SMILES string of the molecule is Cc1cc2c(oc3nc(F)ccc32)c(-c2cc(CC(C)(C)C(F)(F)F)c3ccccc3[n+]2C)c1C.Cc1cc2c(oc3nc(F)ccc32)c(-c2cc(CC(C)(C)C)c3ccccc3[n+]2C)c1C.Cc1cc2c(oc3nc(F)ccc32)c(-c2ccc3c(C4CCCC4)cccc3[n+]2C)c1C.Cc1cc2c(oc3nc(F)ccc32)c(-c2ccc3c(CC(C)C)cccc3[n+]2C)c1C. The number of nitrogens with zero attached hydrogens (tertiary/aromatic N) is 8. The van der Waals surface area contributed by atoms with E-state index in [9.17, 15) is 30.7 Å². The molecule has 0 spiro atoms. The fourth-order valence-corrected chi connectivity index (χ4v) is 19.8. The number of pyridine rings is 8. The normalized spacial score (nSPS) is 13.0. The van der Waals surface area contributed by atoms with Crippen molar-refractivity contribution in [3.63, 3.8) is 0 Å². The molecule has 0 aliphatic heterocycles. The molecule has 1 fully saturated rings. The van der Waals surface area contributed by atoms with E-state index in [0.29, 0.717) is 45.5 Å². The molecule has 1 saturated carbocycles. The van der Waals surface area contributed by atoms with Gasteiger partial charge in [-0.3, -0.25) is 0 Å². The van der Waals surface area contributed by atoms with Crippen molar-refractivity contribution in [1.29, 1.82) is 0 Å². The first kappa shape index (κ1) is 87.4. The Bertz CT molecular complexity index is 8040. The summed E-state index contributed by atoms with van der Waals surface area (Å²) < 4.78 is 130. The highest BCUT2D eigenvalue weighted by Gasteiger charge is 2.48. The number of fused-ring (bicyclic) bond motifs is 16. The van der Waals surface area contributed by atoms with Crippen LogP contribution in [-0.2, 0) is 47.5 Å². The largest absolute Gasteiger partial charge is 0.437 e. The van der Waals surface area contributed by atoms with E-state index in [1.807, 2.05) is 61.9 Å². The lowest BCUT2D eigenvalue weighted by atomic mass is 9.83. The maximum absolute atomic E-state index is 13.8. The number of benzene rings is 8. The van der Waals surface area contributed by atoms with Gasteiger partial charge in [-0.05, 0) is 269 Å². The van der Waals surface area contributed by atoms with Crippen LogP contribution in [0, 0.1) is 95.9 Å². The number of hydrogen-bond donors (Lipinski definition) is 0. The van der Waals surface area contributed by atoms with E-state index >= 15 is 0 Å². The summed E-state index contributed by atoms with van der Waals surface area (Å²) in [6, 6.07) is 63.0. The Morgan fingerprint density at radius 1 is 0.338 bits per heavy atom. The molecule has 19 heteroatoms. The molecular weight excluding hydrogens is 1640 g/mol. The highest BCUT2D eigenvalue weighted by atomic mass is 19.4. The van der Waals surface area contributed by atoms with Crippen molar-refractivity contribution < 1.29 is 66.7 Å². The van der Waals surface area contributed by atoms with Crippen LogP contribution in [0.1, 0.15) is 147 Å². The van der Waals surface area contributed by atoms with E-state index < -0.39 is 35.4 Å². The van der Waals surface area contributed by atoms with Crippen LogP contribution in [0.3, 0.4) is 0 Å². The van der Waals surface area contributed by atoms with E-state index in [1.165, 1.54) is 135 Å². The number of furan rings is 4. The van der Waals surface area contributed by atoms with Gasteiger partial charge in [0.05, 0.1) is 27.7 Å². The average Bonchev–Trinajstić information content (AvgIpc) is 1.51. The highest BCUT2D eigenvalue weighted by molar-refractivity contribution is 6.13. The Kier molecular flexibility index (Phi) is 22.4. The molecule has 130 heavy (non-hydrogen) atoms. The van der Waals surface area contributed by atoms with Crippen LogP contribution in [0.15, 0.2) is 212 Å². The van der Waals surface area contributed by atoms with Gasteiger partial charge in [0, 0.05) is 113 Å². The molecule has 0 bridgehead atoms. The molecule has 8 aromatic carbocycles. The molecule has 1 aliphatic carbocycles. The first-order chi connectivity index (χ1) is 61.9. The summed E-state index contributed by atoms with van der Waals surface area (Å²) in [5.41, 5.74) is 28.2. The number of para-hydroxylation sites is 2. The first-order valence-corrected chi connectivity index (χ1v) is 44.6. The van der Waals surface area contributed by atoms with Gasteiger partial charge in [-0.2, -0.15) is 68.9 Å². The second-order valence-electron chi connectivity index (χ2n) is 38.0. The third-order valence-corrected chi connectivity index (χ3v) is 27.1. The molecule has 0 amide bonds. The molecule has 0 saturated heterocycles. The number of aryl methyl sites for hydroxylation is 8. The minimum absolute atomic E-state index is 0.151. The molecule has 0 unspecified atom stereocenters. The predicted molar refractivity (Wildman–Crippen MR) is 507 cm³/mol. The van der Waals surface area contributed by atoms with Crippen LogP contribution >= 0.6 is 0 Å². The van der Waals surface area contributed by atoms with Gasteiger partial charge >= 0.3 is 6.18 Å². The summed E-state index contributed by atoms with van der Waals surface area (Å²) in [4.78, 5) is 15.9. The highest BCUT2D eigenvalue weighted by Crippen LogP contribution is 2.48. The summed E-state index contributed by atoms with van der Waals surface area (Å²) >= 11 is 0. The molecule has 20 aromatic rings. The average molecular weight is 1750 g/mol. The van der Waals surface area contributed by atoms with Crippen molar-refractivity contribution >= 4 is 132 Å². The first-order valence-electron chi connectivity index (χ1n) is 44.6. The van der Waals surface area contributed by atoms with Gasteiger partial charge in [-0.15, -0.1) is 0 Å². The lowest BCUT2D eigenvalue weighted by molar-refractivity contribution is -0.633. The topological polar surface area (TPSA) is 120 Å². The fourth-order valence-electron chi connectivity index (χ4n) is 19.8. The predicted octanol–water partition coefficient (Wildman–Crippen LogP) is 28.1. The standard InChI is InChI=1S/C28H25F4N2O.C28H26FN2O.C28H28FN2O.C27H26FN2O/c1-15-12-20-19-10-11-23(29)33-26(19)35-25(20)24(16(15)2)22-13-17(14-27(3,4)28(30,31)32)18-8-6-7-9-21(18)34(22)5;1-16-15-22-21-12-14-25(29)30-28(21)32-27(22)26(17(16)2)24-13-11-20-19(18-7-4-5-8-18)9-6-10-23(20)31(24)3;1-16-13-21-20-11-12-24(29)30-27(20)32-26(21)25(17(16)2)23-14-18(15-28(3,4)5)19-9-7-8-10-22(19)31(23)6;1-15(2)13-18-7-6-8-22-19(18)9-11-23(30(22)5)25-17(4)16(3)14-21-20-10-12-24(28)29-27(20)31-26(21)25/h6-13H,14H2,1-5H3;6,9-15,18H,4-5,7-8H2,1-3H3;7-14H,15H2,1-6H3;6-12,14-15H,13H2,1-5H3/q4*+1. The van der Waals surface area contributed by atoms with E-state index in [4.69, 9.17) is 17.7 Å². The lowest BCUT2D eigenvalue weighted by Gasteiger charge is -2.28. The molecule has 12 heterocycles. The minimum atomic E-state index is -4.35. The summed E-state index contributed by atoms with van der Waals surface area (Å²) in [6.45, 7) is 30.4. The number of alkyl halides is 3. The fraction of sp³-hybridized carbons (Fsp3) is 0.279. The Morgan fingerprint density at radius 2 is 0.646 bits per heavy atom. The molecule has 21 rings (SSSR count). The van der Waals surface area contributed by atoms with Crippen molar-refractivity contribution in [2.75, 3.05) is 0 Å². The van der Waals surface area contributed by atoms with E-state index in [0.717, 1.165) is 145 Å². The minimum Gasteiger partial charge on any atom is -0.437 e. The maximum atomic E-state index is 13.8. The zero-order valence-electron chi connectivity index (χ0n) is 76.9. The number of aromatic nitrogens is 8. The second-order valence-corrected chi connectivity index (χ2v) is 38.0. The van der Waals surface area contributed by atoms with Crippen LogP contribution in [-0.4, -0.2) is 26.1 Å². The zero-order valence-corrected chi connectivity index (χ0v) is 76.9. The van der Waals surface area contributed by atoms with Crippen LogP contribution in [0.4, 0.5) is 30.7 Å². The van der Waals surface area contributed by atoms with Crippen molar-refractivity contribution in [2.45, 2.75) is 161 Å². The second kappa shape index (κ2) is 33.3. The van der Waals surface area contributed by atoms with Gasteiger partial charge in [-0.1, -0.05) is 110 Å². The van der Waals surface area contributed by atoms with Crippen LogP contribution in [0.2, 0.25) is 0 Å². The third kappa shape index (κ3) is 15.6. The number of rotatable bonds is 10. The number of hydrogen-bond acceptors (Lipinski definition) is 8. The molecule has 0 N–H and O–H groups in total. The molecular formula is C111H105F7N8O4+4. The van der Waals surface area contributed by atoms with Gasteiger partial charge in [0.15, 0.2) is 22.3 Å². The van der Waals surface area contributed by atoms with Crippen molar-refractivity contribution in [3.8, 4) is 45.0 Å². The van der Waals surface area contributed by atoms with Gasteiger partial charge in [0.25, 0.3) is 0 Å². The van der Waals surface area contributed by atoms with Gasteiger partial charge in [0.2, 0.25) is 91.5 Å². The molecule has 12 nitrogen and oxygen atoms in total.